The molecule has 2 heterocycles. The Morgan fingerprint density at radius 3 is 3.05 bits per heavy atom. The quantitative estimate of drug-likeness (QED) is 0.927. The molecule has 1 aliphatic heterocycles. The summed E-state index contributed by atoms with van der Waals surface area (Å²) in [7, 11) is 1.64. The van der Waals surface area contributed by atoms with E-state index in [2.05, 4.69) is 4.98 Å². The van der Waals surface area contributed by atoms with E-state index in [1.807, 2.05) is 30.3 Å². The van der Waals surface area contributed by atoms with Crippen LogP contribution in [0.1, 0.15) is 12.0 Å². The molecule has 0 unspecified atom stereocenters. The predicted octanol–water partition coefficient (Wildman–Crippen LogP) is 1.39. The lowest BCUT2D eigenvalue weighted by atomic mass is 10.1. The van der Waals surface area contributed by atoms with E-state index in [1.54, 1.807) is 18.2 Å². The topological polar surface area (TPSA) is 62.7 Å². The number of rotatable bonds is 4. The number of amides is 1. The summed E-state index contributed by atoms with van der Waals surface area (Å²) < 4.78 is 5.31. The minimum absolute atomic E-state index is 0.00989. The molecule has 0 radical (unpaired) electrons. The highest BCUT2D eigenvalue weighted by Gasteiger charge is 2.34. The van der Waals surface area contributed by atoms with Crippen molar-refractivity contribution in [2.75, 3.05) is 20.3 Å². The summed E-state index contributed by atoms with van der Waals surface area (Å²) in [5.41, 5.74) is 1.81. The van der Waals surface area contributed by atoms with Gasteiger partial charge < -0.3 is 14.7 Å². The first-order valence-electron chi connectivity index (χ1n) is 7.48. The first-order chi connectivity index (χ1) is 10.7. The number of carbonyl (C=O) groups is 1. The van der Waals surface area contributed by atoms with Gasteiger partial charge >= 0.3 is 0 Å². The van der Waals surface area contributed by atoms with E-state index < -0.39 is 0 Å². The van der Waals surface area contributed by atoms with Gasteiger partial charge in [0.2, 0.25) is 5.91 Å². The van der Waals surface area contributed by atoms with E-state index in [0.29, 0.717) is 19.4 Å². The Balaban J connectivity index is 1.74. The van der Waals surface area contributed by atoms with E-state index in [9.17, 15) is 9.90 Å². The third-order valence-electron chi connectivity index (χ3n) is 4.24. The van der Waals surface area contributed by atoms with E-state index in [4.69, 9.17) is 4.74 Å². The van der Waals surface area contributed by atoms with Crippen LogP contribution in [0.3, 0.4) is 0 Å². The molecule has 22 heavy (non-hydrogen) atoms. The Hall–Kier alpha value is -1.98. The van der Waals surface area contributed by atoms with Gasteiger partial charge in [-0.3, -0.25) is 9.78 Å². The van der Waals surface area contributed by atoms with Crippen LogP contribution >= 0.6 is 0 Å². The lowest BCUT2D eigenvalue weighted by molar-refractivity contribution is -0.132. The number of hydrogen-bond donors (Lipinski definition) is 1. The molecule has 2 aromatic rings. The zero-order valence-electron chi connectivity index (χ0n) is 12.6. The Morgan fingerprint density at radius 1 is 1.45 bits per heavy atom. The minimum atomic E-state index is -0.147. The first kappa shape index (κ1) is 14.9. The zero-order chi connectivity index (χ0) is 15.5. The number of benzene rings is 1. The molecule has 1 fully saturated rings. The molecule has 1 N–H and O–H groups in total. The number of carbonyl (C=O) groups excluding carboxylic acids is 1. The molecule has 0 bridgehead atoms. The normalized spacial score (nSPS) is 21.5. The predicted molar refractivity (Wildman–Crippen MR) is 83.4 cm³/mol. The zero-order valence-corrected chi connectivity index (χ0v) is 12.6. The van der Waals surface area contributed by atoms with Gasteiger partial charge in [-0.05, 0) is 24.1 Å². The van der Waals surface area contributed by atoms with Crippen LogP contribution in [0.15, 0.2) is 36.5 Å². The van der Waals surface area contributed by atoms with Crippen LogP contribution in [0.4, 0.5) is 0 Å². The third-order valence-corrected chi connectivity index (χ3v) is 4.24. The van der Waals surface area contributed by atoms with Gasteiger partial charge in [0, 0.05) is 25.2 Å². The van der Waals surface area contributed by atoms with E-state index in [0.717, 1.165) is 16.5 Å². The van der Waals surface area contributed by atoms with Crippen molar-refractivity contribution in [3.05, 3.63) is 42.1 Å². The molecule has 5 heteroatoms. The molecular formula is C17H20N2O3. The molecule has 1 saturated heterocycles. The Morgan fingerprint density at radius 2 is 2.27 bits per heavy atom. The minimum Gasteiger partial charge on any atom is -0.394 e. The molecule has 1 aromatic heterocycles. The summed E-state index contributed by atoms with van der Waals surface area (Å²) >= 11 is 0. The average molecular weight is 300 g/mol. The van der Waals surface area contributed by atoms with Gasteiger partial charge in [-0.25, -0.2) is 0 Å². The van der Waals surface area contributed by atoms with E-state index in [-0.39, 0.29) is 24.7 Å². The second kappa shape index (κ2) is 6.42. The Bertz CT molecular complexity index is 674. The standard InChI is InChI=1S/C17H20N2O3/c1-22-15-8-14(11-20)19(10-15)17(21)7-12-6-13-4-2-3-5-16(13)18-9-12/h2-6,9,14-15,20H,7-8,10-11H2,1H3/t14-,15+/m0/s1. The van der Waals surface area contributed by atoms with Crippen molar-refractivity contribution >= 4 is 16.8 Å². The van der Waals surface area contributed by atoms with Gasteiger partial charge in [0.15, 0.2) is 0 Å². The molecule has 0 spiro atoms. The molecule has 116 valence electrons. The maximum absolute atomic E-state index is 12.5. The number of pyridine rings is 1. The van der Waals surface area contributed by atoms with Gasteiger partial charge in [-0.2, -0.15) is 0 Å². The van der Waals surface area contributed by atoms with Crippen molar-refractivity contribution in [1.29, 1.82) is 0 Å². The van der Waals surface area contributed by atoms with Gasteiger partial charge in [-0.15, -0.1) is 0 Å². The molecular weight excluding hydrogens is 280 g/mol. The van der Waals surface area contributed by atoms with Crippen molar-refractivity contribution in [2.45, 2.75) is 25.0 Å². The van der Waals surface area contributed by atoms with Crippen molar-refractivity contribution < 1.29 is 14.6 Å². The van der Waals surface area contributed by atoms with Crippen LogP contribution in [-0.4, -0.2) is 53.3 Å². The Labute approximate surface area is 129 Å². The molecule has 2 atom stereocenters. The lowest BCUT2D eigenvalue weighted by Gasteiger charge is -2.22. The monoisotopic (exact) mass is 300 g/mol. The molecule has 1 aromatic carbocycles. The molecule has 5 nitrogen and oxygen atoms in total. The number of methoxy groups -OCH3 is 1. The number of para-hydroxylation sites is 1. The summed E-state index contributed by atoms with van der Waals surface area (Å²) in [5.74, 6) is 0.00989. The Kier molecular flexibility index (Phi) is 4.36. The molecule has 0 aliphatic carbocycles. The SMILES string of the molecule is CO[C@@H]1C[C@@H](CO)N(C(=O)Cc2cnc3ccccc3c2)C1. The fourth-order valence-electron chi connectivity index (χ4n) is 3.01. The second-order valence-electron chi connectivity index (χ2n) is 5.69. The highest BCUT2D eigenvalue weighted by Crippen LogP contribution is 2.21. The number of aliphatic hydroxyl groups is 1. The number of fused-ring (bicyclic) bond motifs is 1. The summed E-state index contributed by atoms with van der Waals surface area (Å²) in [5, 5.41) is 10.5. The largest absolute Gasteiger partial charge is 0.394 e. The number of nitrogens with zero attached hydrogens (tertiary/aromatic N) is 2. The van der Waals surface area contributed by atoms with Crippen LogP contribution in [0.2, 0.25) is 0 Å². The molecule has 3 rings (SSSR count). The van der Waals surface area contributed by atoms with Gasteiger partial charge in [0.25, 0.3) is 0 Å². The summed E-state index contributed by atoms with van der Waals surface area (Å²) in [4.78, 5) is 18.6. The van der Waals surface area contributed by atoms with E-state index >= 15 is 0 Å². The van der Waals surface area contributed by atoms with Crippen molar-refractivity contribution in [2.24, 2.45) is 0 Å². The number of hydrogen-bond acceptors (Lipinski definition) is 4. The highest BCUT2D eigenvalue weighted by molar-refractivity contribution is 5.83. The van der Waals surface area contributed by atoms with Crippen LogP contribution in [0.5, 0.6) is 0 Å². The molecule has 1 amide bonds. The number of aliphatic hydroxyl groups excluding tert-OH is 1. The van der Waals surface area contributed by atoms with Crippen molar-refractivity contribution in [3.8, 4) is 0 Å². The molecule has 0 saturated carbocycles. The maximum atomic E-state index is 12.5. The highest BCUT2D eigenvalue weighted by atomic mass is 16.5. The fourth-order valence-corrected chi connectivity index (χ4v) is 3.01. The lowest BCUT2D eigenvalue weighted by Crippen LogP contribution is -2.39. The van der Waals surface area contributed by atoms with Crippen LogP contribution in [0.25, 0.3) is 10.9 Å². The fraction of sp³-hybridized carbons (Fsp3) is 0.412. The smallest absolute Gasteiger partial charge is 0.227 e. The summed E-state index contributed by atoms with van der Waals surface area (Å²) in [6, 6.07) is 9.70. The van der Waals surface area contributed by atoms with Gasteiger partial charge in [0.05, 0.1) is 30.7 Å². The molecule has 1 aliphatic rings. The number of likely N-dealkylation sites (tertiary alicyclic amines) is 1. The maximum Gasteiger partial charge on any atom is 0.227 e. The average Bonchev–Trinajstić information content (AvgIpc) is 2.98. The van der Waals surface area contributed by atoms with Crippen molar-refractivity contribution in [3.63, 3.8) is 0 Å². The first-order valence-corrected chi connectivity index (χ1v) is 7.48. The number of ether oxygens (including phenoxy) is 1. The second-order valence-corrected chi connectivity index (χ2v) is 5.69. The van der Waals surface area contributed by atoms with E-state index in [1.165, 1.54) is 0 Å². The number of aromatic nitrogens is 1. The van der Waals surface area contributed by atoms with Crippen LogP contribution < -0.4 is 0 Å². The van der Waals surface area contributed by atoms with Crippen LogP contribution in [-0.2, 0) is 16.0 Å². The summed E-state index contributed by atoms with van der Waals surface area (Å²) in [6.07, 6.45) is 2.74. The van der Waals surface area contributed by atoms with Gasteiger partial charge in [-0.1, -0.05) is 18.2 Å². The van der Waals surface area contributed by atoms with Gasteiger partial charge in [0.1, 0.15) is 0 Å². The van der Waals surface area contributed by atoms with Crippen LogP contribution in [0, 0.1) is 0 Å². The summed E-state index contributed by atoms with van der Waals surface area (Å²) in [6.45, 7) is 0.517. The van der Waals surface area contributed by atoms with Crippen molar-refractivity contribution in [1.82, 2.24) is 9.88 Å². The third kappa shape index (κ3) is 2.96.